The third-order valence-corrected chi connectivity index (χ3v) is 5.16. The van der Waals surface area contributed by atoms with Crippen molar-refractivity contribution in [2.45, 2.75) is 44.3 Å². The molecule has 1 aromatic carbocycles. The zero-order valence-electron chi connectivity index (χ0n) is 15.9. The number of benzene rings is 1. The van der Waals surface area contributed by atoms with Gasteiger partial charge < -0.3 is 26.3 Å². The van der Waals surface area contributed by atoms with Crippen molar-refractivity contribution in [2.24, 2.45) is 5.73 Å². The van der Waals surface area contributed by atoms with Crippen LogP contribution >= 0.6 is 0 Å². The van der Waals surface area contributed by atoms with Gasteiger partial charge in [0, 0.05) is 6.54 Å². The van der Waals surface area contributed by atoms with E-state index in [0.29, 0.717) is 19.5 Å². The number of fused-ring (bicyclic) bond motifs is 1. The van der Waals surface area contributed by atoms with E-state index in [4.69, 9.17) is 5.73 Å². The molecule has 1 saturated heterocycles. The molecule has 2 amide bonds. The van der Waals surface area contributed by atoms with E-state index in [9.17, 15) is 9.59 Å². The van der Waals surface area contributed by atoms with Crippen LogP contribution in [0.5, 0.6) is 0 Å². The lowest BCUT2D eigenvalue weighted by molar-refractivity contribution is -0.137. The van der Waals surface area contributed by atoms with Gasteiger partial charge in [-0.05, 0) is 51.9 Å². The fraction of sp³-hybridized carbons (Fsp3) is 0.526. The summed E-state index contributed by atoms with van der Waals surface area (Å²) in [5.41, 5.74) is 7.54. The average molecular weight is 372 g/mol. The average Bonchev–Trinajstić information content (AvgIpc) is 3.32. The molecule has 1 aliphatic rings. The van der Waals surface area contributed by atoms with Gasteiger partial charge in [-0.25, -0.2) is 4.98 Å². The highest BCUT2D eigenvalue weighted by Gasteiger charge is 2.36. The minimum absolute atomic E-state index is 0.0972. The second kappa shape index (κ2) is 8.49. The monoisotopic (exact) mass is 372 g/mol. The van der Waals surface area contributed by atoms with Gasteiger partial charge in [0.05, 0.1) is 23.1 Å². The Kier molecular flexibility index (Phi) is 6.08. The van der Waals surface area contributed by atoms with Gasteiger partial charge in [0.1, 0.15) is 11.9 Å². The van der Waals surface area contributed by atoms with Crippen LogP contribution in [0.1, 0.15) is 38.1 Å². The Labute approximate surface area is 158 Å². The molecular formula is C19H28N6O2. The van der Waals surface area contributed by atoms with Crippen LogP contribution in [0.3, 0.4) is 0 Å². The lowest BCUT2D eigenvalue weighted by Crippen LogP contribution is -2.53. The quantitative estimate of drug-likeness (QED) is 0.570. The lowest BCUT2D eigenvalue weighted by Gasteiger charge is -2.29. The number of nitrogens with two attached hydrogens (primary N) is 1. The molecule has 8 nitrogen and oxygen atoms in total. The number of hydrogen-bond acceptors (Lipinski definition) is 5. The number of imidazole rings is 1. The number of carbonyl (C=O) groups excluding carboxylic acids is 2. The number of aromatic nitrogens is 2. The number of hydrogen-bond donors (Lipinski definition) is 4. The fourth-order valence-corrected chi connectivity index (χ4v) is 3.50. The summed E-state index contributed by atoms with van der Waals surface area (Å²) in [6.07, 6.45) is 2.16. The normalized spacial score (nSPS) is 19.2. The second-order valence-electron chi connectivity index (χ2n) is 6.98. The molecule has 27 heavy (non-hydrogen) atoms. The molecule has 5 N–H and O–H groups in total. The van der Waals surface area contributed by atoms with Crippen LogP contribution in [-0.4, -0.2) is 58.9 Å². The van der Waals surface area contributed by atoms with Crippen molar-refractivity contribution >= 4 is 22.8 Å². The number of H-pyrrole nitrogens is 1. The molecule has 0 spiro atoms. The molecule has 8 heteroatoms. The molecule has 2 heterocycles. The van der Waals surface area contributed by atoms with Gasteiger partial charge in [0.2, 0.25) is 11.8 Å². The fourth-order valence-electron chi connectivity index (χ4n) is 3.50. The molecule has 1 fully saturated rings. The summed E-state index contributed by atoms with van der Waals surface area (Å²) < 4.78 is 0. The van der Waals surface area contributed by atoms with Gasteiger partial charge in [-0.3, -0.25) is 9.59 Å². The number of nitrogens with one attached hydrogen (secondary N) is 3. The van der Waals surface area contributed by atoms with E-state index >= 15 is 0 Å². The first kappa shape index (κ1) is 19.3. The maximum Gasteiger partial charge on any atom is 0.245 e. The van der Waals surface area contributed by atoms with E-state index in [-0.39, 0.29) is 23.9 Å². The number of amides is 2. The van der Waals surface area contributed by atoms with Gasteiger partial charge in [-0.1, -0.05) is 12.1 Å². The van der Waals surface area contributed by atoms with E-state index in [0.717, 1.165) is 29.7 Å². The topological polar surface area (TPSA) is 116 Å². The number of nitrogens with zero attached hydrogens (tertiary/aromatic N) is 2. The van der Waals surface area contributed by atoms with Crippen LogP contribution in [0.25, 0.3) is 11.0 Å². The third-order valence-electron chi connectivity index (χ3n) is 5.16. The molecule has 0 radical (unpaired) electrons. The van der Waals surface area contributed by atoms with Crippen molar-refractivity contribution in [1.29, 1.82) is 0 Å². The summed E-state index contributed by atoms with van der Waals surface area (Å²) in [4.78, 5) is 35.2. The highest BCUT2D eigenvalue weighted by Crippen LogP contribution is 2.32. The van der Waals surface area contributed by atoms with E-state index in [2.05, 4.69) is 20.6 Å². The number of para-hydroxylation sites is 2. The second-order valence-corrected chi connectivity index (χ2v) is 6.98. The number of rotatable bonds is 7. The lowest BCUT2D eigenvalue weighted by atomic mass is 10.1. The third kappa shape index (κ3) is 4.12. The molecule has 1 unspecified atom stereocenters. The molecular weight excluding hydrogens is 344 g/mol. The Bertz CT molecular complexity index is 771. The van der Waals surface area contributed by atoms with Crippen LogP contribution in [-0.2, 0) is 9.59 Å². The Morgan fingerprint density at radius 3 is 2.89 bits per heavy atom. The zero-order chi connectivity index (χ0) is 19.4. The predicted molar refractivity (Wildman–Crippen MR) is 104 cm³/mol. The van der Waals surface area contributed by atoms with Crippen LogP contribution < -0.4 is 16.4 Å². The Morgan fingerprint density at radius 2 is 2.19 bits per heavy atom. The van der Waals surface area contributed by atoms with Gasteiger partial charge >= 0.3 is 0 Å². The molecule has 0 bridgehead atoms. The SMILES string of the molecule is CN[C@@H](C)C(=O)N[C@@H](CCN)C(=O)N1CCCC1c1nc2ccccc2[nH]1. The highest BCUT2D eigenvalue weighted by atomic mass is 16.2. The standard InChI is InChI=1S/C19H28N6O2/c1-12(21-2)18(26)24-15(9-10-20)19(27)25-11-5-8-16(25)17-22-13-6-3-4-7-14(13)23-17/h3-4,6-7,12,15-16,21H,5,8-11,20H2,1-2H3,(H,22,23)(H,24,26)/t12-,15-,16?/m0/s1. The van der Waals surface area contributed by atoms with Crippen LogP contribution in [0.4, 0.5) is 0 Å². The minimum Gasteiger partial charge on any atom is -0.343 e. The maximum absolute atomic E-state index is 13.2. The summed E-state index contributed by atoms with van der Waals surface area (Å²) >= 11 is 0. The van der Waals surface area contributed by atoms with Gasteiger partial charge in [-0.15, -0.1) is 0 Å². The highest BCUT2D eigenvalue weighted by molar-refractivity contribution is 5.90. The molecule has 0 aliphatic carbocycles. The molecule has 1 aromatic heterocycles. The first-order valence-electron chi connectivity index (χ1n) is 9.48. The Balaban J connectivity index is 1.79. The Hall–Kier alpha value is -2.45. The van der Waals surface area contributed by atoms with Crippen molar-refractivity contribution in [3.05, 3.63) is 30.1 Å². The predicted octanol–water partition coefficient (Wildman–Crippen LogP) is 0.668. The van der Waals surface area contributed by atoms with Crippen molar-refractivity contribution in [1.82, 2.24) is 25.5 Å². The zero-order valence-corrected chi connectivity index (χ0v) is 15.9. The first-order valence-corrected chi connectivity index (χ1v) is 9.48. The Morgan fingerprint density at radius 1 is 1.41 bits per heavy atom. The van der Waals surface area contributed by atoms with Crippen molar-refractivity contribution < 1.29 is 9.59 Å². The van der Waals surface area contributed by atoms with E-state index in [1.54, 1.807) is 14.0 Å². The molecule has 146 valence electrons. The summed E-state index contributed by atoms with van der Waals surface area (Å²) in [6, 6.07) is 6.73. The smallest absolute Gasteiger partial charge is 0.245 e. The van der Waals surface area contributed by atoms with Gasteiger partial charge in [0.15, 0.2) is 0 Å². The number of carbonyl (C=O) groups is 2. The van der Waals surface area contributed by atoms with Crippen molar-refractivity contribution in [3.8, 4) is 0 Å². The van der Waals surface area contributed by atoms with Crippen LogP contribution in [0.15, 0.2) is 24.3 Å². The van der Waals surface area contributed by atoms with Crippen LogP contribution in [0, 0.1) is 0 Å². The molecule has 3 rings (SSSR count). The molecule has 1 aliphatic heterocycles. The van der Waals surface area contributed by atoms with Gasteiger partial charge in [0.25, 0.3) is 0 Å². The van der Waals surface area contributed by atoms with Crippen molar-refractivity contribution in [2.75, 3.05) is 20.1 Å². The molecule has 2 aromatic rings. The minimum atomic E-state index is -0.622. The van der Waals surface area contributed by atoms with E-state index < -0.39 is 6.04 Å². The molecule has 0 saturated carbocycles. The van der Waals surface area contributed by atoms with Crippen LogP contribution in [0.2, 0.25) is 0 Å². The summed E-state index contributed by atoms with van der Waals surface area (Å²) in [5.74, 6) is 0.493. The maximum atomic E-state index is 13.2. The first-order chi connectivity index (χ1) is 13.0. The number of likely N-dealkylation sites (tertiary alicyclic amines) is 1. The summed E-state index contributed by atoms with van der Waals surface area (Å²) in [5, 5.41) is 5.73. The number of aromatic amines is 1. The number of likely N-dealkylation sites (N-methyl/N-ethyl adjacent to an activating group) is 1. The largest absolute Gasteiger partial charge is 0.343 e. The van der Waals surface area contributed by atoms with E-state index in [1.165, 1.54) is 0 Å². The molecule has 3 atom stereocenters. The van der Waals surface area contributed by atoms with Crippen molar-refractivity contribution in [3.63, 3.8) is 0 Å². The van der Waals surface area contributed by atoms with E-state index in [1.807, 2.05) is 29.2 Å². The summed E-state index contributed by atoms with van der Waals surface area (Å²) in [7, 11) is 1.71. The van der Waals surface area contributed by atoms with Gasteiger partial charge in [-0.2, -0.15) is 0 Å². The summed E-state index contributed by atoms with van der Waals surface area (Å²) in [6.45, 7) is 2.74.